The van der Waals surface area contributed by atoms with E-state index in [1.807, 2.05) is 0 Å². The third kappa shape index (κ3) is 2.37. The van der Waals surface area contributed by atoms with Gasteiger partial charge in [0, 0.05) is 28.8 Å². The minimum absolute atomic E-state index is 0.0659. The summed E-state index contributed by atoms with van der Waals surface area (Å²) < 4.78 is 0. The van der Waals surface area contributed by atoms with Crippen LogP contribution in [0.3, 0.4) is 0 Å². The van der Waals surface area contributed by atoms with Gasteiger partial charge < -0.3 is 5.73 Å². The molecule has 26 heavy (non-hydrogen) atoms. The van der Waals surface area contributed by atoms with Crippen LogP contribution in [0.4, 0.5) is 11.4 Å². The Hall–Kier alpha value is -3.74. The molecule has 3 aromatic rings. The molecule has 4 rings (SSSR count). The van der Waals surface area contributed by atoms with E-state index in [2.05, 4.69) is 0 Å². The average Bonchev–Trinajstić information content (AvgIpc) is 2.64. The van der Waals surface area contributed by atoms with E-state index in [-0.39, 0.29) is 17.8 Å². The van der Waals surface area contributed by atoms with Gasteiger partial charge in [0.15, 0.2) is 0 Å². The van der Waals surface area contributed by atoms with Crippen molar-refractivity contribution in [1.82, 2.24) is 4.90 Å². The number of non-ortho nitro benzene ring substituents is 1. The molecule has 0 saturated carbocycles. The summed E-state index contributed by atoms with van der Waals surface area (Å²) in [5, 5.41) is 12.2. The minimum atomic E-state index is -0.545. The van der Waals surface area contributed by atoms with Crippen LogP contribution in [0.25, 0.3) is 10.8 Å². The number of nitrogens with zero attached hydrogens (tertiary/aromatic N) is 2. The number of rotatable bonds is 3. The number of amides is 2. The molecule has 0 spiro atoms. The summed E-state index contributed by atoms with van der Waals surface area (Å²) in [4.78, 5) is 37.5. The molecule has 1 heterocycles. The van der Waals surface area contributed by atoms with Crippen molar-refractivity contribution < 1.29 is 14.5 Å². The maximum atomic E-state index is 12.9. The van der Waals surface area contributed by atoms with Crippen molar-refractivity contribution in [3.8, 4) is 0 Å². The molecule has 3 aromatic carbocycles. The predicted molar refractivity (Wildman–Crippen MR) is 95.7 cm³/mol. The number of nitrogens with two attached hydrogens (primary N) is 1. The van der Waals surface area contributed by atoms with Gasteiger partial charge in [0.1, 0.15) is 0 Å². The largest absolute Gasteiger partial charge is 0.399 e. The number of imide groups is 1. The van der Waals surface area contributed by atoms with Crippen LogP contribution in [-0.4, -0.2) is 21.6 Å². The number of hydrogen-bond donors (Lipinski definition) is 1. The van der Waals surface area contributed by atoms with Crippen molar-refractivity contribution in [2.75, 3.05) is 5.73 Å². The van der Waals surface area contributed by atoms with Crippen LogP contribution in [0.2, 0.25) is 0 Å². The van der Waals surface area contributed by atoms with Crippen molar-refractivity contribution in [3.63, 3.8) is 0 Å². The zero-order valence-electron chi connectivity index (χ0n) is 13.5. The fourth-order valence-electron chi connectivity index (χ4n) is 3.20. The summed E-state index contributed by atoms with van der Waals surface area (Å²) >= 11 is 0. The first-order chi connectivity index (χ1) is 12.5. The van der Waals surface area contributed by atoms with Crippen molar-refractivity contribution in [1.29, 1.82) is 0 Å². The predicted octanol–water partition coefficient (Wildman–Crippen LogP) is 3.13. The molecule has 7 heteroatoms. The van der Waals surface area contributed by atoms with Gasteiger partial charge in [0.05, 0.1) is 17.0 Å². The van der Waals surface area contributed by atoms with Gasteiger partial charge in [-0.25, -0.2) is 0 Å². The molecule has 0 saturated heterocycles. The molecule has 1 aliphatic rings. The number of carbonyl (C=O) groups is 2. The fraction of sp³-hybridized carbons (Fsp3) is 0.0526. The van der Waals surface area contributed by atoms with Gasteiger partial charge in [-0.15, -0.1) is 0 Å². The molecule has 0 bridgehead atoms. The summed E-state index contributed by atoms with van der Waals surface area (Å²) in [6.45, 7) is 0.0659. The first-order valence-corrected chi connectivity index (χ1v) is 7.87. The summed E-state index contributed by atoms with van der Waals surface area (Å²) in [5.41, 5.74) is 7.33. The molecule has 0 unspecified atom stereocenters. The van der Waals surface area contributed by atoms with E-state index in [1.54, 1.807) is 42.5 Å². The molecule has 0 fully saturated rings. The highest BCUT2D eigenvalue weighted by Crippen LogP contribution is 2.34. The van der Waals surface area contributed by atoms with Gasteiger partial charge in [-0.2, -0.15) is 0 Å². The van der Waals surface area contributed by atoms with E-state index in [1.165, 1.54) is 12.1 Å². The molecule has 0 aliphatic carbocycles. The molecule has 0 aromatic heterocycles. The quantitative estimate of drug-likeness (QED) is 0.339. The van der Waals surface area contributed by atoms with Crippen LogP contribution in [0, 0.1) is 10.1 Å². The summed E-state index contributed by atoms with van der Waals surface area (Å²) in [6, 6.07) is 14.4. The van der Waals surface area contributed by atoms with Crippen molar-refractivity contribution in [2.24, 2.45) is 0 Å². The van der Waals surface area contributed by atoms with E-state index in [9.17, 15) is 19.7 Å². The number of carbonyl (C=O) groups excluding carboxylic acids is 2. The Morgan fingerprint density at radius 1 is 0.962 bits per heavy atom. The minimum Gasteiger partial charge on any atom is -0.399 e. The SMILES string of the molecule is Nc1ccc(CN2C(=O)c3cccc4cc([N+](=O)[O-])cc(c34)C2=O)cc1. The highest BCUT2D eigenvalue weighted by atomic mass is 16.6. The first kappa shape index (κ1) is 15.8. The van der Waals surface area contributed by atoms with Crippen molar-refractivity contribution in [2.45, 2.75) is 6.54 Å². The Morgan fingerprint density at radius 3 is 2.35 bits per heavy atom. The number of nitro benzene ring substituents is 1. The van der Waals surface area contributed by atoms with Gasteiger partial charge >= 0.3 is 0 Å². The molecule has 2 amide bonds. The van der Waals surface area contributed by atoms with Gasteiger partial charge in [-0.3, -0.25) is 24.6 Å². The van der Waals surface area contributed by atoms with Gasteiger partial charge in [-0.05, 0) is 29.1 Å². The second-order valence-corrected chi connectivity index (χ2v) is 6.09. The molecular formula is C19H13N3O4. The summed E-state index contributed by atoms with van der Waals surface area (Å²) in [6.07, 6.45) is 0. The highest BCUT2D eigenvalue weighted by Gasteiger charge is 2.34. The Morgan fingerprint density at radius 2 is 1.65 bits per heavy atom. The summed E-state index contributed by atoms with van der Waals surface area (Å²) in [5.74, 6) is -0.960. The maximum Gasteiger partial charge on any atom is 0.270 e. The van der Waals surface area contributed by atoms with Crippen molar-refractivity contribution >= 4 is 34.0 Å². The van der Waals surface area contributed by atoms with Crippen LogP contribution in [-0.2, 0) is 6.54 Å². The Kier molecular flexibility index (Phi) is 3.43. The van der Waals surface area contributed by atoms with Crippen LogP contribution in [0.15, 0.2) is 54.6 Å². The lowest BCUT2D eigenvalue weighted by atomic mass is 9.93. The maximum absolute atomic E-state index is 12.9. The number of hydrogen-bond acceptors (Lipinski definition) is 5. The van der Waals surface area contributed by atoms with Gasteiger partial charge in [-0.1, -0.05) is 24.3 Å². The lowest BCUT2D eigenvalue weighted by Gasteiger charge is -2.27. The molecule has 1 aliphatic heterocycles. The molecule has 0 atom stereocenters. The van der Waals surface area contributed by atoms with Crippen LogP contribution >= 0.6 is 0 Å². The third-order valence-corrected chi connectivity index (χ3v) is 4.44. The standard InChI is InChI=1S/C19H13N3O4/c20-13-6-4-11(5-7-13)10-21-18(23)15-3-1-2-12-8-14(22(25)26)9-16(17(12)15)19(21)24/h1-9H,10,20H2. The number of benzene rings is 3. The van der Waals surface area contributed by atoms with Crippen LogP contribution in [0.5, 0.6) is 0 Å². The first-order valence-electron chi connectivity index (χ1n) is 7.87. The Bertz CT molecular complexity index is 1090. The van der Waals surface area contributed by atoms with E-state index >= 15 is 0 Å². The Labute approximate surface area is 147 Å². The highest BCUT2D eigenvalue weighted by molar-refractivity contribution is 6.25. The summed E-state index contributed by atoms with van der Waals surface area (Å²) in [7, 11) is 0. The molecular weight excluding hydrogens is 334 g/mol. The van der Waals surface area contributed by atoms with E-state index in [0.717, 1.165) is 10.5 Å². The number of anilines is 1. The lowest BCUT2D eigenvalue weighted by molar-refractivity contribution is -0.384. The van der Waals surface area contributed by atoms with Crippen molar-refractivity contribution in [3.05, 3.63) is 81.4 Å². The van der Waals surface area contributed by atoms with E-state index < -0.39 is 16.7 Å². The van der Waals surface area contributed by atoms with E-state index in [0.29, 0.717) is 22.0 Å². The van der Waals surface area contributed by atoms with Crippen LogP contribution < -0.4 is 5.73 Å². The molecule has 2 N–H and O–H groups in total. The van der Waals surface area contributed by atoms with Gasteiger partial charge in [0.2, 0.25) is 0 Å². The zero-order chi connectivity index (χ0) is 18.4. The Balaban J connectivity index is 1.86. The van der Waals surface area contributed by atoms with Crippen LogP contribution in [0.1, 0.15) is 26.3 Å². The smallest absolute Gasteiger partial charge is 0.270 e. The second kappa shape index (κ2) is 5.66. The topological polar surface area (TPSA) is 107 Å². The number of nitrogen functional groups attached to an aromatic ring is 1. The van der Waals surface area contributed by atoms with Gasteiger partial charge in [0.25, 0.3) is 17.5 Å². The molecule has 128 valence electrons. The van der Waals surface area contributed by atoms with E-state index in [4.69, 9.17) is 5.73 Å². The monoisotopic (exact) mass is 347 g/mol. The molecule has 7 nitrogen and oxygen atoms in total. The third-order valence-electron chi connectivity index (χ3n) is 4.44. The fourth-order valence-corrected chi connectivity index (χ4v) is 3.20. The second-order valence-electron chi connectivity index (χ2n) is 6.09. The normalized spacial score (nSPS) is 13.3. The number of nitro groups is 1. The average molecular weight is 347 g/mol. The molecule has 0 radical (unpaired) electrons. The zero-order valence-corrected chi connectivity index (χ0v) is 13.5. The lowest BCUT2D eigenvalue weighted by Crippen LogP contribution is -2.39.